The highest BCUT2D eigenvalue weighted by atomic mass is 16.6. The first-order chi connectivity index (χ1) is 8.39. The van der Waals surface area contributed by atoms with Crippen LogP contribution in [0.2, 0.25) is 0 Å². The summed E-state index contributed by atoms with van der Waals surface area (Å²) >= 11 is 0. The van der Waals surface area contributed by atoms with E-state index in [4.69, 9.17) is 10.5 Å². The molecule has 0 aromatic carbocycles. The van der Waals surface area contributed by atoms with Crippen molar-refractivity contribution in [3.8, 4) is 0 Å². The van der Waals surface area contributed by atoms with Crippen LogP contribution in [-0.4, -0.2) is 39.7 Å². The molecule has 0 spiro atoms. The van der Waals surface area contributed by atoms with E-state index in [1.165, 1.54) is 0 Å². The van der Waals surface area contributed by atoms with E-state index in [1.54, 1.807) is 11.1 Å². The summed E-state index contributed by atoms with van der Waals surface area (Å²) in [6.07, 6.45) is 1.54. The van der Waals surface area contributed by atoms with E-state index in [1.807, 2.05) is 20.8 Å². The molecule has 6 nitrogen and oxygen atoms in total. The van der Waals surface area contributed by atoms with Gasteiger partial charge in [0.1, 0.15) is 11.4 Å². The number of imidazole rings is 1. The zero-order valence-electron chi connectivity index (χ0n) is 11.1. The fourth-order valence-corrected chi connectivity index (χ4v) is 1.84. The molecule has 6 heteroatoms. The van der Waals surface area contributed by atoms with Gasteiger partial charge in [-0.15, -0.1) is 0 Å². The number of H-pyrrole nitrogens is 1. The van der Waals surface area contributed by atoms with Gasteiger partial charge in [0.2, 0.25) is 0 Å². The van der Waals surface area contributed by atoms with Crippen molar-refractivity contribution in [2.24, 2.45) is 5.73 Å². The van der Waals surface area contributed by atoms with Crippen LogP contribution in [-0.2, 0) is 11.3 Å². The number of nitrogens with two attached hydrogens (primary N) is 1. The average Bonchev–Trinajstić information content (AvgIpc) is 2.60. The van der Waals surface area contributed by atoms with E-state index in [-0.39, 0.29) is 6.09 Å². The number of likely N-dealkylation sites (tertiary alicyclic amines) is 1. The van der Waals surface area contributed by atoms with Gasteiger partial charge in [-0.3, -0.25) is 0 Å². The van der Waals surface area contributed by atoms with Crippen LogP contribution in [0.15, 0.2) is 6.20 Å². The maximum atomic E-state index is 11.7. The Labute approximate surface area is 107 Å². The summed E-state index contributed by atoms with van der Waals surface area (Å²) in [6.45, 7) is 7.34. The van der Waals surface area contributed by atoms with Gasteiger partial charge < -0.3 is 20.4 Å². The van der Waals surface area contributed by atoms with Crippen molar-refractivity contribution in [1.82, 2.24) is 14.9 Å². The molecule has 0 aliphatic carbocycles. The fourth-order valence-electron chi connectivity index (χ4n) is 1.84. The second-order valence-corrected chi connectivity index (χ2v) is 5.57. The van der Waals surface area contributed by atoms with Crippen LogP contribution < -0.4 is 5.73 Å². The molecule has 0 saturated carbocycles. The summed E-state index contributed by atoms with van der Waals surface area (Å²) in [5.74, 6) is 1.09. The number of hydrogen-bond acceptors (Lipinski definition) is 4. The van der Waals surface area contributed by atoms with Crippen LogP contribution in [0.1, 0.15) is 38.2 Å². The Morgan fingerprint density at radius 2 is 2.28 bits per heavy atom. The van der Waals surface area contributed by atoms with Crippen molar-refractivity contribution in [3.05, 3.63) is 17.7 Å². The lowest BCUT2D eigenvalue weighted by Gasteiger charge is -2.39. The van der Waals surface area contributed by atoms with Gasteiger partial charge >= 0.3 is 6.09 Å². The lowest BCUT2D eigenvalue weighted by molar-refractivity contribution is 0.00790. The van der Waals surface area contributed by atoms with Crippen LogP contribution in [0.4, 0.5) is 4.79 Å². The Hall–Kier alpha value is -1.56. The molecule has 2 heterocycles. The van der Waals surface area contributed by atoms with E-state index in [9.17, 15) is 4.79 Å². The first-order valence-corrected chi connectivity index (χ1v) is 6.11. The van der Waals surface area contributed by atoms with Gasteiger partial charge in [0.15, 0.2) is 0 Å². The summed E-state index contributed by atoms with van der Waals surface area (Å²) in [5, 5.41) is 0. The molecule has 2 rings (SSSR count). The number of rotatable bonds is 2. The standard InChI is InChI=1S/C12H20N4O2/c1-12(2,3)18-11(17)16-6-8(7-16)9-5-14-10(4-13)15-9/h5,8H,4,6-7,13H2,1-3H3,(H,14,15). The van der Waals surface area contributed by atoms with Crippen molar-refractivity contribution in [3.63, 3.8) is 0 Å². The normalized spacial score (nSPS) is 16.6. The van der Waals surface area contributed by atoms with E-state index >= 15 is 0 Å². The molecular weight excluding hydrogens is 232 g/mol. The van der Waals surface area contributed by atoms with Gasteiger partial charge in [0, 0.05) is 30.9 Å². The third kappa shape index (κ3) is 2.81. The molecule has 1 aromatic rings. The molecule has 0 bridgehead atoms. The van der Waals surface area contributed by atoms with Gasteiger partial charge in [0.25, 0.3) is 0 Å². The second kappa shape index (κ2) is 4.61. The van der Waals surface area contributed by atoms with E-state index in [2.05, 4.69) is 9.97 Å². The summed E-state index contributed by atoms with van der Waals surface area (Å²) in [5.41, 5.74) is 6.09. The summed E-state index contributed by atoms with van der Waals surface area (Å²) in [7, 11) is 0. The largest absolute Gasteiger partial charge is 0.444 e. The predicted molar refractivity (Wildman–Crippen MR) is 67.0 cm³/mol. The molecule has 100 valence electrons. The Morgan fingerprint density at radius 1 is 1.61 bits per heavy atom. The third-order valence-corrected chi connectivity index (χ3v) is 2.81. The number of nitrogens with zero attached hydrogens (tertiary/aromatic N) is 2. The van der Waals surface area contributed by atoms with Crippen LogP contribution in [0, 0.1) is 0 Å². The van der Waals surface area contributed by atoms with Gasteiger partial charge in [-0.05, 0) is 20.8 Å². The topological polar surface area (TPSA) is 84.2 Å². The highest BCUT2D eigenvalue weighted by molar-refractivity contribution is 5.69. The Kier molecular flexibility index (Phi) is 3.30. The number of carbonyl (C=O) groups excluding carboxylic acids is 1. The van der Waals surface area contributed by atoms with Crippen molar-refractivity contribution in [2.75, 3.05) is 13.1 Å². The Bertz CT molecular complexity index is 430. The highest BCUT2D eigenvalue weighted by Gasteiger charge is 2.35. The minimum Gasteiger partial charge on any atom is -0.444 e. The molecule has 1 fully saturated rings. The maximum Gasteiger partial charge on any atom is 0.410 e. The highest BCUT2D eigenvalue weighted by Crippen LogP contribution is 2.27. The molecule has 0 radical (unpaired) electrons. The third-order valence-electron chi connectivity index (χ3n) is 2.81. The molecule has 1 aromatic heterocycles. The van der Waals surface area contributed by atoms with Crippen LogP contribution in [0.25, 0.3) is 0 Å². The zero-order chi connectivity index (χ0) is 13.3. The van der Waals surface area contributed by atoms with Gasteiger partial charge in [-0.25, -0.2) is 9.78 Å². The number of hydrogen-bond donors (Lipinski definition) is 2. The number of aromatic nitrogens is 2. The Balaban J connectivity index is 1.85. The summed E-state index contributed by atoms with van der Waals surface area (Å²) in [6, 6.07) is 0. The minimum absolute atomic E-state index is 0.252. The van der Waals surface area contributed by atoms with Gasteiger partial charge in [-0.1, -0.05) is 0 Å². The molecule has 1 amide bonds. The first kappa shape index (κ1) is 12.9. The molecule has 0 unspecified atom stereocenters. The molecule has 1 aliphatic heterocycles. The van der Waals surface area contributed by atoms with Gasteiger partial charge in [0.05, 0.1) is 6.54 Å². The zero-order valence-corrected chi connectivity index (χ0v) is 11.1. The number of aromatic amines is 1. The van der Waals surface area contributed by atoms with Crippen molar-refractivity contribution in [1.29, 1.82) is 0 Å². The molecule has 1 aliphatic rings. The van der Waals surface area contributed by atoms with Crippen molar-refractivity contribution < 1.29 is 9.53 Å². The number of carbonyl (C=O) groups is 1. The van der Waals surface area contributed by atoms with Crippen LogP contribution >= 0.6 is 0 Å². The second-order valence-electron chi connectivity index (χ2n) is 5.57. The van der Waals surface area contributed by atoms with Crippen LogP contribution in [0.5, 0.6) is 0 Å². The molecular formula is C12H20N4O2. The van der Waals surface area contributed by atoms with Crippen molar-refractivity contribution >= 4 is 6.09 Å². The number of nitrogens with one attached hydrogen (secondary N) is 1. The lowest BCUT2D eigenvalue weighted by atomic mass is 9.98. The monoisotopic (exact) mass is 252 g/mol. The SMILES string of the molecule is CC(C)(C)OC(=O)N1CC(c2cnc(CN)[nH]2)C1. The smallest absolute Gasteiger partial charge is 0.410 e. The maximum absolute atomic E-state index is 11.7. The summed E-state index contributed by atoms with van der Waals surface area (Å²) in [4.78, 5) is 20.7. The van der Waals surface area contributed by atoms with Crippen molar-refractivity contribution in [2.45, 2.75) is 38.8 Å². The Morgan fingerprint density at radius 3 is 2.78 bits per heavy atom. The fraction of sp³-hybridized carbons (Fsp3) is 0.667. The number of amides is 1. The van der Waals surface area contributed by atoms with Crippen LogP contribution in [0.3, 0.4) is 0 Å². The first-order valence-electron chi connectivity index (χ1n) is 6.11. The molecule has 1 saturated heterocycles. The molecule has 0 atom stereocenters. The summed E-state index contributed by atoms with van der Waals surface area (Å²) < 4.78 is 5.29. The predicted octanol–water partition coefficient (Wildman–Crippen LogP) is 1.20. The quantitative estimate of drug-likeness (QED) is 0.828. The minimum atomic E-state index is -0.442. The molecule has 18 heavy (non-hydrogen) atoms. The van der Waals surface area contributed by atoms with E-state index in [0.29, 0.717) is 25.6 Å². The average molecular weight is 252 g/mol. The van der Waals surface area contributed by atoms with E-state index < -0.39 is 5.60 Å². The lowest BCUT2D eigenvalue weighted by Crippen LogP contribution is -2.50. The molecule has 3 N–H and O–H groups in total. The van der Waals surface area contributed by atoms with E-state index in [0.717, 1.165) is 11.5 Å². The van der Waals surface area contributed by atoms with Gasteiger partial charge in [-0.2, -0.15) is 0 Å². The number of ether oxygens (including phenoxy) is 1.